The Bertz CT molecular complexity index is 1130. The topological polar surface area (TPSA) is 99.6 Å². The fourth-order valence-corrected chi connectivity index (χ4v) is 6.93. The first-order valence-corrected chi connectivity index (χ1v) is 14.3. The van der Waals surface area contributed by atoms with Crippen molar-refractivity contribution in [2.24, 2.45) is 11.8 Å². The molecule has 0 radical (unpaired) electrons. The number of amides is 2. The molecule has 0 aliphatic carbocycles. The zero-order chi connectivity index (χ0) is 29.2. The van der Waals surface area contributed by atoms with Gasteiger partial charge in [-0.1, -0.05) is 12.2 Å². The smallest absolute Gasteiger partial charge is 0.312 e. The number of aliphatic hydroxyl groups is 1. The second kappa shape index (κ2) is 11.7. The van der Waals surface area contributed by atoms with Gasteiger partial charge in [0.25, 0.3) is 5.91 Å². The van der Waals surface area contributed by atoms with Crippen LogP contribution < -0.4 is 9.80 Å². The maximum atomic E-state index is 14.5. The second-order valence-electron chi connectivity index (χ2n) is 11.2. The average molecular weight is 554 g/mol. The van der Waals surface area contributed by atoms with Gasteiger partial charge >= 0.3 is 5.97 Å². The van der Waals surface area contributed by atoms with E-state index in [0.717, 1.165) is 18.8 Å². The van der Waals surface area contributed by atoms with E-state index in [9.17, 15) is 19.5 Å². The number of rotatable bonds is 13. The van der Waals surface area contributed by atoms with Gasteiger partial charge in [0, 0.05) is 31.0 Å². The number of carbonyl (C=O) groups is 3. The Balaban J connectivity index is 1.74. The molecule has 0 aromatic heterocycles. The van der Waals surface area contributed by atoms with E-state index >= 15 is 0 Å². The molecule has 3 heterocycles. The highest BCUT2D eigenvalue weighted by molar-refractivity contribution is 6.05. The molecule has 9 nitrogen and oxygen atoms in total. The lowest BCUT2D eigenvalue weighted by atomic mass is 9.66. The Labute approximate surface area is 237 Å². The molecule has 1 aromatic rings. The highest BCUT2D eigenvalue weighted by atomic mass is 16.6. The van der Waals surface area contributed by atoms with Crippen LogP contribution in [0.2, 0.25) is 0 Å². The summed E-state index contributed by atoms with van der Waals surface area (Å²) in [6, 6.07) is 6.10. The minimum Gasteiger partial charge on any atom is -0.465 e. The van der Waals surface area contributed by atoms with E-state index in [4.69, 9.17) is 9.47 Å². The lowest BCUT2D eigenvalue weighted by molar-refractivity contribution is -0.160. The van der Waals surface area contributed by atoms with Gasteiger partial charge in [0.2, 0.25) is 5.91 Å². The minimum atomic E-state index is -1.20. The van der Waals surface area contributed by atoms with Gasteiger partial charge in [0.05, 0.1) is 30.8 Å². The molecule has 1 spiro atoms. The zero-order valence-corrected chi connectivity index (χ0v) is 24.2. The maximum Gasteiger partial charge on any atom is 0.312 e. The number of likely N-dealkylation sites (tertiary alicyclic amines) is 1. The number of fused-ring (bicyclic) bond motifs is 1. The summed E-state index contributed by atoms with van der Waals surface area (Å²) in [7, 11) is 0. The first-order valence-electron chi connectivity index (χ1n) is 14.3. The Morgan fingerprint density at radius 3 is 2.40 bits per heavy atom. The maximum absolute atomic E-state index is 14.5. The van der Waals surface area contributed by atoms with Crippen molar-refractivity contribution < 1.29 is 29.0 Å². The van der Waals surface area contributed by atoms with Gasteiger partial charge in [-0.25, -0.2) is 0 Å². The Kier molecular flexibility index (Phi) is 8.75. The van der Waals surface area contributed by atoms with Gasteiger partial charge < -0.3 is 29.3 Å². The highest BCUT2D eigenvalue weighted by Gasteiger charge is 2.79. The van der Waals surface area contributed by atoms with E-state index in [1.165, 1.54) is 4.90 Å². The standard InChI is InChI=1S/C31H43N3O6/c1-7-11-19-39-29(38)25-24-27(36)34(21(5)20-35)26(31(24)17-16-30(25,6)40-31)28(37)33(18-8-2)23-14-12-22(13-15-23)32(9-3)10-4/h7-8,12-15,21,24-26,35H,1-2,9-11,16-20H2,3-6H3/t21-,24+,25+,26?,30-,31?/m1/s1. The molecular weight excluding hydrogens is 510 g/mol. The third-order valence-corrected chi connectivity index (χ3v) is 8.88. The molecule has 218 valence electrons. The number of aliphatic hydroxyl groups excluding tert-OH is 1. The van der Waals surface area contributed by atoms with Gasteiger partial charge in [-0.05, 0) is 71.2 Å². The zero-order valence-electron chi connectivity index (χ0n) is 24.2. The van der Waals surface area contributed by atoms with Gasteiger partial charge in [-0.15, -0.1) is 13.2 Å². The molecule has 4 rings (SSSR count). The van der Waals surface area contributed by atoms with Crippen LogP contribution in [0.1, 0.15) is 47.0 Å². The van der Waals surface area contributed by atoms with Crippen LogP contribution in [0, 0.1) is 11.8 Å². The SMILES string of the molecule is C=CCCOC(=O)[C@@H]1[C@H]2C(=O)N([C@H](C)CO)C(C(=O)N(CC=C)c3ccc(N(CC)CC)cc3)C23CC[C@@]1(C)O3. The van der Waals surface area contributed by atoms with Gasteiger partial charge in [0.1, 0.15) is 17.6 Å². The lowest BCUT2D eigenvalue weighted by Crippen LogP contribution is -2.58. The Morgan fingerprint density at radius 2 is 1.82 bits per heavy atom. The van der Waals surface area contributed by atoms with Crippen molar-refractivity contribution in [2.45, 2.75) is 70.2 Å². The molecule has 0 saturated carbocycles. The van der Waals surface area contributed by atoms with E-state index < -0.39 is 41.1 Å². The van der Waals surface area contributed by atoms with E-state index in [1.54, 1.807) is 24.0 Å². The molecule has 3 aliphatic heterocycles. The summed E-state index contributed by atoms with van der Waals surface area (Å²) in [5.41, 5.74) is -0.403. The molecule has 9 heteroatoms. The van der Waals surface area contributed by atoms with Crippen molar-refractivity contribution in [1.82, 2.24) is 4.90 Å². The first kappa shape index (κ1) is 29.8. The fourth-order valence-electron chi connectivity index (χ4n) is 6.93. The van der Waals surface area contributed by atoms with Crippen LogP contribution in [0.5, 0.6) is 0 Å². The minimum absolute atomic E-state index is 0.165. The summed E-state index contributed by atoms with van der Waals surface area (Å²) < 4.78 is 12.2. The Hall–Kier alpha value is -3.17. The Morgan fingerprint density at radius 1 is 1.18 bits per heavy atom. The van der Waals surface area contributed by atoms with Crippen LogP contribution in [0.4, 0.5) is 11.4 Å². The third kappa shape index (κ3) is 4.73. The van der Waals surface area contributed by atoms with Crippen LogP contribution in [0.3, 0.4) is 0 Å². The van der Waals surface area contributed by atoms with Crippen molar-refractivity contribution >= 4 is 29.2 Å². The van der Waals surface area contributed by atoms with Gasteiger partial charge in [-0.3, -0.25) is 14.4 Å². The molecule has 3 aliphatic rings. The molecule has 2 bridgehead atoms. The average Bonchev–Trinajstić information content (AvgIpc) is 3.52. The van der Waals surface area contributed by atoms with E-state index in [0.29, 0.717) is 24.9 Å². The monoisotopic (exact) mass is 553 g/mol. The summed E-state index contributed by atoms with van der Waals surface area (Å²) in [6.07, 6.45) is 4.78. The molecule has 40 heavy (non-hydrogen) atoms. The summed E-state index contributed by atoms with van der Waals surface area (Å²) in [4.78, 5) is 47.3. The quantitative estimate of drug-likeness (QED) is 0.227. The molecule has 1 N–H and O–H groups in total. The van der Waals surface area contributed by atoms with Crippen molar-refractivity contribution in [3.05, 3.63) is 49.6 Å². The molecule has 2 amide bonds. The number of benzene rings is 1. The number of hydrogen-bond donors (Lipinski definition) is 1. The van der Waals surface area contributed by atoms with Crippen molar-refractivity contribution in [3.8, 4) is 0 Å². The van der Waals surface area contributed by atoms with Gasteiger partial charge in [-0.2, -0.15) is 0 Å². The third-order valence-electron chi connectivity index (χ3n) is 8.88. The van der Waals surface area contributed by atoms with E-state index in [1.807, 2.05) is 31.2 Å². The van der Waals surface area contributed by atoms with Crippen molar-refractivity contribution in [1.29, 1.82) is 0 Å². The largest absolute Gasteiger partial charge is 0.465 e. The van der Waals surface area contributed by atoms with Crippen LogP contribution in [-0.4, -0.2) is 83.9 Å². The molecule has 1 aromatic carbocycles. The molecule has 3 fully saturated rings. The molecule has 6 atom stereocenters. The molecule has 3 saturated heterocycles. The van der Waals surface area contributed by atoms with E-state index in [-0.39, 0.29) is 31.6 Å². The molecular formula is C31H43N3O6. The highest BCUT2D eigenvalue weighted by Crippen LogP contribution is 2.63. The van der Waals surface area contributed by atoms with Crippen LogP contribution in [0.15, 0.2) is 49.6 Å². The van der Waals surface area contributed by atoms with Crippen molar-refractivity contribution in [3.63, 3.8) is 0 Å². The van der Waals surface area contributed by atoms with E-state index in [2.05, 4.69) is 31.9 Å². The van der Waals surface area contributed by atoms with Crippen molar-refractivity contribution in [2.75, 3.05) is 42.6 Å². The summed E-state index contributed by atoms with van der Waals surface area (Å²) in [5.74, 6) is -2.89. The summed E-state index contributed by atoms with van der Waals surface area (Å²) in [6.45, 7) is 17.0. The molecule has 2 unspecified atom stereocenters. The van der Waals surface area contributed by atoms with Gasteiger partial charge in [0.15, 0.2) is 0 Å². The number of ether oxygens (including phenoxy) is 2. The predicted molar refractivity (Wildman–Crippen MR) is 154 cm³/mol. The van der Waals surface area contributed by atoms with Crippen LogP contribution in [-0.2, 0) is 23.9 Å². The predicted octanol–water partition coefficient (Wildman–Crippen LogP) is 3.32. The number of carbonyl (C=O) groups excluding carboxylic acids is 3. The van der Waals surface area contributed by atoms with Crippen LogP contribution >= 0.6 is 0 Å². The number of hydrogen-bond acceptors (Lipinski definition) is 7. The summed E-state index contributed by atoms with van der Waals surface area (Å²) >= 11 is 0. The number of esters is 1. The lowest BCUT2D eigenvalue weighted by Gasteiger charge is -2.38. The first-order chi connectivity index (χ1) is 19.1. The number of nitrogens with zero attached hydrogens (tertiary/aromatic N) is 3. The van der Waals surface area contributed by atoms with Crippen LogP contribution in [0.25, 0.3) is 0 Å². The second-order valence-corrected chi connectivity index (χ2v) is 11.2. The summed E-state index contributed by atoms with van der Waals surface area (Å²) in [5, 5.41) is 10.1. The number of anilines is 2. The fraction of sp³-hybridized carbons (Fsp3) is 0.581. The normalized spacial score (nSPS) is 29.2.